The first-order valence-corrected chi connectivity index (χ1v) is 9.03. The van der Waals surface area contributed by atoms with Crippen LogP contribution < -0.4 is 0 Å². The van der Waals surface area contributed by atoms with E-state index in [1.165, 1.54) is 11.3 Å². The van der Waals surface area contributed by atoms with Gasteiger partial charge in [-0.25, -0.2) is 8.42 Å². The van der Waals surface area contributed by atoms with Crippen molar-refractivity contribution in [3.63, 3.8) is 0 Å². The highest BCUT2D eigenvalue weighted by atomic mass is 79.9. The maximum absolute atomic E-state index is 12.6. The third-order valence-corrected chi connectivity index (χ3v) is 7.73. The molecule has 1 aliphatic heterocycles. The van der Waals surface area contributed by atoms with E-state index in [9.17, 15) is 8.42 Å². The second-order valence-corrected chi connectivity index (χ2v) is 10.2. The summed E-state index contributed by atoms with van der Waals surface area (Å²) in [4.78, 5) is 0. The van der Waals surface area contributed by atoms with Crippen LogP contribution in [0.2, 0.25) is 0 Å². The molecule has 1 fully saturated rings. The van der Waals surface area contributed by atoms with Crippen LogP contribution in [-0.2, 0) is 10.0 Å². The lowest BCUT2D eigenvalue weighted by Gasteiger charge is -2.36. The van der Waals surface area contributed by atoms with Gasteiger partial charge in [-0.2, -0.15) is 4.31 Å². The van der Waals surface area contributed by atoms with Crippen molar-refractivity contribution < 1.29 is 8.42 Å². The van der Waals surface area contributed by atoms with Crippen molar-refractivity contribution in [2.24, 2.45) is 5.41 Å². The molecule has 0 spiro atoms. The van der Waals surface area contributed by atoms with E-state index < -0.39 is 10.0 Å². The average molecular weight is 352 g/mol. The number of thiophene rings is 1. The van der Waals surface area contributed by atoms with E-state index in [2.05, 4.69) is 29.8 Å². The summed E-state index contributed by atoms with van der Waals surface area (Å²) in [7, 11) is -3.31. The molecule has 0 amide bonds. The fourth-order valence-corrected chi connectivity index (χ4v) is 6.31. The molecular weight excluding hydrogens is 334 g/mol. The van der Waals surface area contributed by atoms with Gasteiger partial charge >= 0.3 is 0 Å². The first-order chi connectivity index (χ1) is 8.22. The van der Waals surface area contributed by atoms with Crippen molar-refractivity contribution in [1.29, 1.82) is 0 Å². The molecule has 3 nitrogen and oxygen atoms in total. The van der Waals surface area contributed by atoms with E-state index in [1.54, 1.807) is 10.4 Å². The Balaban J connectivity index is 2.31. The van der Waals surface area contributed by atoms with Crippen molar-refractivity contribution in [2.75, 3.05) is 13.1 Å². The van der Waals surface area contributed by atoms with Crippen molar-refractivity contribution >= 4 is 37.3 Å². The molecule has 102 valence electrons. The molecule has 1 aromatic heterocycles. The Bertz CT molecular complexity index is 529. The third-order valence-electron chi connectivity index (χ3n) is 3.29. The van der Waals surface area contributed by atoms with Crippen molar-refractivity contribution in [3.05, 3.63) is 15.4 Å². The second-order valence-electron chi connectivity index (χ2n) is 5.63. The smallest absolute Gasteiger partial charge is 0.206 e. The molecule has 0 aromatic carbocycles. The van der Waals surface area contributed by atoms with Gasteiger partial charge < -0.3 is 0 Å². The Kier molecular flexibility index (Phi) is 3.94. The number of aryl methyl sites for hydroxylation is 1. The number of sulfonamides is 1. The van der Waals surface area contributed by atoms with E-state index in [-0.39, 0.29) is 5.41 Å². The van der Waals surface area contributed by atoms with Gasteiger partial charge in [-0.1, -0.05) is 13.8 Å². The van der Waals surface area contributed by atoms with Crippen LogP contribution in [0.5, 0.6) is 0 Å². The Morgan fingerprint density at radius 2 is 2.11 bits per heavy atom. The number of hydrogen-bond donors (Lipinski definition) is 0. The van der Waals surface area contributed by atoms with E-state index in [1.807, 2.05) is 6.92 Å². The summed E-state index contributed by atoms with van der Waals surface area (Å²) in [6.07, 6.45) is 2.03. The predicted molar refractivity (Wildman–Crippen MR) is 78.5 cm³/mol. The fourth-order valence-electron chi connectivity index (χ4n) is 2.26. The summed E-state index contributed by atoms with van der Waals surface area (Å²) in [6.45, 7) is 7.43. The van der Waals surface area contributed by atoms with Gasteiger partial charge in [0, 0.05) is 13.1 Å². The van der Waals surface area contributed by atoms with Crippen molar-refractivity contribution in [3.8, 4) is 0 Å². The van der Waals surface area contributed by atoms with E-state index in [0.29, 0.717) is 17.3 Å². The maximum atomic E-state index is 12.6. The van der Waals surface area contributed by atoms with Crippen LogP contribution in [0.4, 0.5) is 0 Å². The molecule has 0 aliphatic carbocycles. The topological polar surface area (TPSA) is 37.4 Å². The van der Waals surface area contributed by atoms with Crippen LogP contribution in [0.3, 0.4) is 0 Å². The van der Waals surface area contributed by atoms with Crippen LogP contribution >= 0.6 is 27.3 Å². The minimum Gasteiger partial charge on any atom is -0.206 e. The Hall–Kier alpha value is 0.0900. The zero-order chi connectivity index (χ0) is 13.6. The molecule has 1 aliphatic rings. The number of piperidine rings is 1. The normalized spacial score (nSPS) is 21.1. The number of hydrogen-bond acceptors (Lipinski definition) is 3. The molecule has 6 heteroatoms. The Morgan fingerprint density at radius 3 is 2.61 bits per heavy atom. The molecule has 0 atom stereocenters. The summed E-state index contributed by atoms with van der Waals surface area (Å²) >= 11 is 4.69. The van der Waals surface area contributed by atoms with Crippen LogP contribution in [-0.4, -0.2) is 25.8 Å². The molecule has 0 bridgehead atoms. The van der Waals surface area contributed by atoms with Crippen LogP contribution in [0.25, 0.3) is 0 Å². The zero-order valence-electron chi connectivity index (χ0n) is 10.9. The molecule has 1 aromatic rings. The molecule has 0 radical (unpaired) electrons. The standard InChI is InChI=1S/C12H18BrNO2S2/c1-9-7-10(17-11(9)13)18(15,16)14-6-4-5-12(2,3)8-14/h7H,4-6,8H2,1-3H3. The Morgan fingerprint density at radius 1 is 1.44 bits per heavy atom. The van der Waals surface area contributed by atoms with Crippen LogP contribution in [0, 0.1) is 12.3 Å². The van der Waals surface area contributed by atoms with Crippen LogP contribution in [0.15, 0.2) is 14.1 Å². The van der Waals surface area contributed by atoms with Gasteiger partial charge in [0.1, 0.15) is 4.21 Å². The largest absolute Gasteiger partial charge is 0.252 e. The highest BCUT2D eigenvalue weighted by Crippen LogP contribution is 2.36. The molecule has 0 saturated carbocycles. The number of halogens is 1. The average Bonchev–Trinajstić information content (AvgIpc) is 2.58. The lowest BCUT2D eigenvalue weighted by Crippen LogP contribution is -2.43. The lowest BCUT2D eigenvalue weighted by atomic mass is 9.85. The summed E-state index contributed by atoms with van der Waals surface area (Å²) in [5, 5.41) is 0. The van der Waals surface area contributed by atoms with Gasteiger partial charge in [0.25, 0.3) is 10.0 Å². The predicted octanol–water partition coefficient (Wildman–Crippen LogP) is 3.63. The molecule has 2 rings (SSSR count). The Labute approximate surface area is 121 Å². The highest BCUT2D eigenvalue weighted by Gasteiger charge is 2.35. The summed E-state index contributed by atoms with van der Waals surface area (Å²) in [5.74, 6) is 0. The van der Waals surface area contributed by atoms with Gasteiger partial charge in [0.05, 0.1) is 3.79 Å². The zero-order valence-corrected chi connectivity index (χ0v) is 14.1. The van der Waals surface area contributed by atoms with Gasteiger partial charge in [0.2, 0.25) is 0 Å². The number of rotatable bonds is 2. The third kappa shape index (κ3) is 2.81. The maximum Gasteiger partial charge on any atom is 0.252 e. The minimum atomic E-state index is -3.31. The molecule has 0 unspecified atom stereocenters. The minimum absolute atomic E-state index is 0.0782. The van der Waals surface area contributed by atoms with Gasteiger partial charge in [-0.3, -0.25) is 0 Å². The van der Waals surface area contributed by atoms with E-state index in [0.717, 1.165) is 22.2 Å². The fraction of sp³-hybridized carbons (Fsp3) is 0.667. The lowest BCUT2D eigenvalue weighted by molar-refractivity contribution is 0.187. The highest BCUT2D eigenvalue weighted by molar-refractivity contribution is 9.11. The van der Waals surface area contributed by atoms with Crippen LogP contribution in [0.1, 0.15) is 32.3 Å². The molecule has 0 N–H and O–H groups in total. The summed E-state index contributed by atoms with van der Waals surface area (Å²) < 4.78 is 28.1. The number of nitrogens with zero attached hydrogens (tertiary/aromatic N) is 1. The van der Waals surface area contributed by atoms with Gasteiger partial charge in [0.15, 0.2) is 0 Å². The second kappa shape index (κ2) is 4.89. The first kappa shape index (κ1) is 14.5. The SMILES string of the molecule is Cc1cc(S(=O)(=O)N2CCCC(C)(C)C2)sc1Br. The molecule has 1 saturated heterocycles. The monoisotopic (exact) mass is 351 g/mol. The van der Waals surface area contributed by atoms with E-state index in [4.69, 9.17) is 0 Å². The molecular formula is C12H18BrNO2S2. The van der Waals surface area contributed by atoms with Gasteiger partial charge in [-0.15, -0.1) is 11.3 Å². The van der Waals surface area contributed by atoms with E-state index >= 15 is 0 Å². The first-order valence-electron chi connectivity index (χ1n) is 5.98. The van der Waals surface area contributed by atoms with Crippen molar-refractivity contribution in [2.45, 2.75) is 37.8 Å². The van der Waals surface area contributed by atoms with Gasteiger partial charge in [-0.05, 0) is 52.7 Å². The quantitative estimate of drug-likeness (QED) is 0.815. The van der Waals surface area contributed by atoms with Crippen molar-refractivity contribution in [1.82, 2.24) is 4.31 Å². The summed E-state index contributed by atoms with van der Waals surface area (Å²) in [6, 6.07) is 1.76. The summed E-state index contributed by atoms with van der Waals surface area (Å²) in [5.41, 5.74) is 1.06. The molecule has 18 heavy (non-hydrogen) atoms. The molecule has 2 heterocycles.